The maximum absolute atomic E-state index is 10.7. The van der Waals surface area contributed by atoms with E-state index in [1.165, 1.54) is 11.1 Å². The SMILES string of the molecule is COc1ccc(C)c2c1NC(CC(=O)O)CC2. The molecule has 17 heavy (non-hydrogen) atoms. The van der Waals surface area contributed by atoms with Gasteiger partial charge in [0, 0.05) is 6.04 Å². The number of carbonyl (C=O) groups is 1. The van der Waals surface area contributed by atoms with E-state index in [1.807, 2.05) is 12.1 Å². The van der Waals surface area contributed by atoms with Gasteiger partial charge in [-0.05, 0) is 37.0 Å². The van der Waals surface area contributed by atoms with Crippen molar-refractivity contribution in [2.75, 3.05) is 12.4 Å². The van der Waals surface area contributed by atoms with E-state index in [0.717, 1.165) is 24.3 Å². The molecule has 0 aliphatic carbocycles. The number of carboxylic acid groups (broad SMARTS) is 1. The number of hydrogen-bond acceptors (Lipinski definition) is 3. The van der Waals surface area contributed by atoms with Gasteiger partial charge in [-0.3, -0.25) is 4.79 Å². The molecule has 92 valence electrons. The van der Waals surface area contributed by atoms with Crippen LogP contribution in [-0.4, -0.2) is 24.2 Å². The van der Waals surface area contributed by atoms with Crippen LogP contribution in [0.2, 0.25) is 0 Å². The number of ether oxygens (including phenoxy) is 1. The molecule has 1 aliphatic rings. The molecule has 1 aromatic rings. The molecule has 2 rings (SSSR count). The lowest BCUT2D eigenvalue weighted by molar-refractivity contribution is -0.137. The van der Waals surface area contributed by atoms with E-state index in [2.05, 4.69) is 12.2 Å². The van der Waals surface area contributed by atoms with E-state index in [0.29, 0.717) is 0 Å². The van der Waals surface area contributed by atoms with Gasteiger partial charge in [0.1, 0.15) is 5.75 Å². The first-order valence-corrected chi connectivity index (χ1v) is 5.76. The van der Waals surface area contributed by atoms with E-state index in [-0.39, 0.29) is 12.5 Å². The van der Waals surface area contributed by atoms with Crippen LogP contribution in [0.1, 0.15) is 24.0 Å². The molecule has 1 heterocycles. The normalized spacial score (nSPS) is 18.1. The first-order valence-electron chi connectivity index (χ1n) is 5.76. The zero-order valence-electron chi connectivity index (χ0n) is 10.1. The molecule has 0 amide bonds. The number of nitrogens with one attached hydrogen (secondary N) is 1. The molecule has 2 N–H and O–H groups in total. The van der Waals surface area contributed by atoms with Crippen LogP contribution in [0.25, 0.3) is 0 Å². The fourth-order valence-electron chi connectivity index (χ4n) is 2.34. The zero-order valence-corrected chi connectivity index (χ0v) is 10.1. The molecule has 0 spiro atoms. The maximum atomic E-state index is 10.7. The lowest BCUT2D eigenvalue weighted by atomic mass is 9.92. The second-order valence-corrected chi connectivity index (χ2v) is 4.42. The van der Waals surface area contributed by atoms with Crippen LogP contribution in [0.4, 0.5) is 5.69 Å². The summed E-state index contributed by atoms with van der Waals surface area (Å²) in [6.45, 7) is 2.07. The van der Waals surface area contributed by atoms with Gasteiger partial charge in [-0.1, -0.05) is 6.07 Å². The smallest absolute Gasteiger partial charge is 0.305 e. The van der Waals surface area contributed by atoms with E-state index in [4.69, 9.17) is 9.84 Å². The Bertz CT molecular complexity index is 443. The molecular weight excluding hydrogens is 218 g/mol. The summed E-state index contributed by atoms with van der Waals surface area (Å²) in [4.78, 5) is 10.7. The monoisotopic (exact) mass is 235 g/mol. The van der Waals surface area contributed by atoms with Gasteiger partial charge in [0.2, 0.25) is 0 Å². The summed E-state index contributed by atoms with van der Waals surface area (Å²) in [6, 6.07) is 3.96. The first-order chi connectivity index (χ1) is 8.11. The third-order valence-electron chi connectivity index (χ3n) is 3.24. The third kappa shape index (κ3) is 2.35. The Morgan fingerprint density at radius 1 is 1.59 bits per heavy atom. The molecule has 4 heteroatoms. The molecule has 1 unspecified atom stereocenters. The van der Waals surface area contributed by atoms with Crippen molar-refractivity contribution in [2.45, 2.75) is 32.2 Å². The quantitative estimate of drug-likeness (QED) is 0.843. The Balaban J connectivity index is 2.29. The van der Waals surface area contributed by atoms with Gasteiger partial charge in [0.25, 0.3) is 0 Å². The largest absolute Gasteiger partial charge is 0.495 e. The second-order valence-electron chi connectivity index (χ2n) is 4.42. The van der Waals surface area contributed by atoms with E-state index < -0.39 is 5.97 Å². The molecule has 0 bridgehead atoms. The van der Waals surface area contributed by atoms with Crippen LogP contribution in [0, 0.1) is 6.92 Å². The van der Waals surface area contributed by atoms with Gasteiger partial charge >= 0.3 is 5.97 Å². The zero-order chi connectivity index (χ0) is 12.4. The van der Waals surface area contributed by atoms with Crippen molar-refractivity contribution in [3.8, 4) is 5.75 Å². The Kier molecular flexibility index (Phi) is 3.22. The Hall–Kier alpha value is -1.71. The summed E-state index contributed by atoms with van der Waals surface area (Å²) >= 11 is 0. The molecule has 1 aromatic carbocycles. The number of hydrogen-bond donors (Lipinski definition) is 2. The third-order valence-corrected chi connectivity index (χ3v) is 3.24. The van der Waals surface area contributed by atoms with Crippen molar-refractivity contribution in [1.82, 2.24) is 0 Å². The minimum Gasteiger partial charge on any atom is -0.495 e. The van der Waals surface area contributed by atoms with Gasteiger partial charge < -0.3 is 15.2 Å². The Morgan fingerprint density at radius 2 is 2.35 bits per heavy atom. The molecule has 4 nitrogen and oxygen atoms in total. The number of methoxy groups -OCH3 is 1. The van der Waals surface area contributed by atoms with Crippen molar-refractivity contribution in [1.29, 1.82) is 0 Å². The summed E-state index contributed by atoms with van der Waals surface area (Å²) in [6.07, 6.45) is 1.91. The maximum Gasteiger partial charge on any atom is 0.305 e. The minimum atomic E-state index is -0.766. The number of carboxylic acids is 1. The second kappa shape index (κ2) is 4.65. The lowest BCUT2D eigenvalue weighted by Gasteiger charge is -2.28. The van der Waals surface area contributed by atoms with Crippen molar-refractivity contribution in [3.63, 3.8) is 0 Å². The number of aryl methyl sites for hydroxylation is 1. The minimum absolute atomic E-state index is 0.00398. The highest BCUT2D eigenvalue weighted by molar-refractivity contribution is 5.71. The molecule has 1 aliphatic heterocycles. The summed E-state index contributed by atoms with van der Waals surface area (Å²) in [7, 11) is 1.63. The van der Waals surface area contributed by atoms with Gasteiger partial charge in [-0.2, -0.15) is 0 Å². The predicted molar refractivity (Wildman–Crippen MR) is 65.7 cm³/mol. The first kappa shape index (κ1) is 11.8. The molecule has 0 saturated carbocycles. The molecule has 0 radical (unpaired) electrons. The summed E-state index contributed by atoms with van der Waals surface area (Å²) < 4.78 is 5.31. The summed E-state index contributed by atoms with van der Waals surface area (Å²) in [5.41, 5.74) is 3.43. The lowest BCUT2D eigenvalue weighted by Crippen LogP contribution is -2.28. The average Bonchev–Trinajstić information content (AvgIpc) is 2.29. The van der Waals surface area contributed by atoms with Crippen LogP contribution in [0.5, 0.6) is 5.75 Å². The fraction of sp³-hybridized carbons (Fsp3) is 0.462. The van der Waals surface area contributed by atoms with E-state index >= 15 is 0 Å². The van der Waals surface area contributed by atoms with Crippen molar-refractivity contribution < 1.29 is 14.6 Å². The highest BCUT2D eigenvalue weighted by Crippen LogP contribution is 2.36. The fourth-order valence-corrected chi connectivity index (χ4v) is 2.34. The van der Waals surface area contributed by atoms with Gasteiger partial charge in [-0.25, -0.2) is 0 Å². The van der Waals surface area contributed by atoms with Crippen molar-refractivity contribution >= 4 is 11.7 Å². The predicted octanol–water partition coefficient (Wildman–Crippen LogP) is 2.21. The van der Waals surface area contributed by atoms with Crippen LogP contribution in [0.3, 0.4) is 0 Å². The molecular formula is C13H17NO3. The number of aliphatic carboxylic acids is 1. The van der Waals surface area contributed by atoms with E-state index in [9.17, 15) is 4.79 Å². The van der Waals surface area contributed by atoms with Gasteiger partial charge in [0.15, 0.2) is 0 Å². The number of fused-ring (bicyclic) bond motifs is 1. The summed E-state index contributed by atoms with van der Waals surface area (Å²) in [5, 5.41) is 12.1. The van der Waals surface area contributed by atoms with Crippen molar-refractivity contribution in [3.05, 3.63) is 23.3 Å². The highest BCUT2D eigenvalue weighted by Gasteiger charge is 2.23. The number of benzene rings is 1. The summed E-state index contributed by atoms with van der Waals surface area (Å²) in [5.74, 6) is 0.0262. The van der Waals surface area contributed by atoms with E-state index in [1.54, 1.807) is 7.11 Å². The standard InChI is InChI=1S/C13H17NO3/c1-8-3-6-11(17-2)13-10(8)5-4-9(14-13)7-12(15)16/h3,6,9,14H,4-5,7H2,1-2H3,(H,15,16). The Morgan fingerprint density at radius 3 is 3.00 bits per heavy atom. The average molecular weight is 235 g/mol. The molecule has 0 fully saturated rings. The topological polar surface area (TPSA) is 58.6 Å². The Labute approximate surface area is 101 Å². The highest BCUT2D eigenvalue weighted by atomic mass is 16.5. The molecule has 1 atom stereocenters. The number of rotatable bonds is 3. The molecule has 0 aromatic heterocycles. The van der Waals surface area contributed by atoms with Gasteiger partial charge in [-0.15, -0.1) is 0 Å². The molecule has 0 saturated heterocycles. The van der Waals surface area contributed by atoms with Crippen LogP contribution in [-0.2, 0) is 11.2 Å². The number of anilines is 1. The van der Waals surface area contributed by atoms with Crippen LogP contribution < -0.4 is 10.1 Å². The van der Waals surface area contributed by atoms with Crippen LogP contribution >= 0.6 is 0 Å². The van der Waals surface area contributed by atoms with Gasteiger partial charge in [0.05, 0.1) is 19.2 Å². The van der Waals surface area contributed by atoms with Crippen LogP contribution in [0.15, 0.2) is 12.1 Å². The van der Waals surface area contributed by atoms with Crippen molar-refractivity contribution in [2.24, 2.45) is 0 Å².